The number of carbonyl (C=O) groups excluding carboxylic acids is 1. The van der Waals surface area contributed by atoms with Gasteiger partial charge in [-0.1, -0.05) is 31.9 Å². The monoisotopic (exact) mass is 699 g/mol. The molecule has 1 saturated heterocycles. The highest BCUT2D eigenvalue weighted by Gasteiger charge is 2.25. The van der Waals surface area contributed by atoms with Crippen LogP contribution in [-0.4, -0.2) is 122 Å². The molecule has 16 heteroatoms. The highest BCUT2D eigenvalue weighted by atomic mass is 32.2. The third kappa shape index (κ3) is 11.2. The van der Waals surface area contributed by atoms with Gasteiger partial charge in [-0.3, -0.25) is 24.2 Å². The molecule has 0 spiro atoms. The van der Waals surface area contributed by atoms with Crippen molar-refractivity contribution in [2.24, 2.45) is 5.73 Å². The number of carboxylic acids is 2. The number of nitrogen functional groups attached to an aromatic ring is 1. The number of unbranched alkanes of at least 4 members (excludes halogenated alkanes) is 2. The fourth-order valence-electron chi connectivity index (χ4n) is 5.72. The van der Waals surface area contributed by atoms with Gasteiger partial charge in [-0.05, 0) is 24.1 Å². The van der Waals surface area contributed by atoms with Crippen molar-refractivity contribution in [1.29, 1.82) is 0 Å². The van der Waals surface area contributed by atoms with Crippen molar-refractivity contribution in [1.82, 2.24) is 29.7 Å². The Morgan fingerprint density at radius 1 is 1.04 bits per heavy atom. The SMILES string of the molecule is CCCCCNc1nc(N)nc2ccn(Cc3ccc(CN4CCN(CCNC(=O)[C@H](CC(=O)O)SC[C@H](N)C(=O)O)CC4)cc3OC)c12. The Balaban J connectivity index is 1.27. The maximum Gasteiger partial charge on any atom is 0.321 e. The molecule has 0 saturated carbocycles. The van der Waals surface area contributed by atoms with Gasteiger partial charge in [-0.15, -0.1) is 11.8 Å². The molecule has 15 nitrogen and oxygen atoms in total. The van der Waals surface area contributed by atoms with E-state index in [0.717, 1.165) is 104 Å². The van der Waals surface area contributed by atoms with Crippen LogP contribution in [-0.2, 0) is 27.5 Å². The van der Waals surface area contributed by atoms with Crippen LogP contribution >= 0.6 is 11.8 Å². The first kappa shape index (κ1) is 37.7. The number of aliphatic carboxylic acids is 2. The summed E-state index contributed by atoms with van der Waals surface area (Å²) in [5.41, 5.74) is 15.4. The number of carboxylic acid groups (broad SMARTS) is 2. The number of aromatic nitrogens is 3. The fourth-order valence-corrected chi connectivity index (χ4v) is 6.80. The van der Waals surface area contributed by atoms with Crippen LogP contribution in [0.15, 0.2) is 30.5 Å². The molecule has 268 valence electrons. The molecule has 1 amide bonds. The van der Waals surface area contributed by atoms with Gasteiger partial charge in [0.2, 0.25) is 11.9 Å². The number of thioether (sulfide) groups is 1. The minimum Gasteiger partial charge on any atom is -0.496 e. The quantitative estimate of drug-likeness (QED) is 0.0930. The topological polar surface area (TPSA) is 214 Å². The van der Waals surface area contributed by atoms with E-state index in [1.165, 1.54) is 0 Å². The molecular formula is C33H49N9O6S. The Labute approximate surface area is 290 Å². The zero-order chi connectivity index (χ0) is 35.3. The minimum atomic E-state index is -1.19. The smallest absolute Gasteiger partial charge is 0.321 e. The van der Waals surface area contributed by atoms with Crippen molar-refractivity contribution in [2.45, 2.75) is 57.0 Å². The first-order chi connectivity index (χ1) is 23.6. The number of hydrogen-bond donors (Lipinski definition) is 6. The molecule has 0 radical (unpaired) electrons. The van der Waals surface area contributed by atoms with Crippen LogP contribution in [0.2, 0.25) is 0 Å². The van der Waals surface area contributed by atoms with Crippen molar-refractivity contribution < 1.29 is 29.3 Å². The van der Waals surface area contributed by atoms with E-state index in [-0.39, 0.29) is 11.7 Å². The largest absolute Gasteiger partial charge is 0.496 e. The number of methoxy groups -OCH3 is 1. The molecule has 3 aromatic rings. The number of carbonyl (C=O) groups is 3. The van der Waals surface area contributed by atoms with Crippen LogP contribution in [0.1, 0.15) is 43.7 Å². The van der Waals surface area contributed by atoms with Crippen LogP contribution in [0.4, 0.5) is 11.8 Å². The number of rotatable bonds is 20. The van der Waals surface area contributed by atoms with E-state index in [0.29, 0.717) is 19.6 Å². The second-order valence-electron chi connectivity index (χ2n) is 12.2. The van der Waals surface area contributed by atoms with Gasteiger partial charge in [0.05, 0.1) is 30.8 Å². The van der Waals surface area contributed by atoms with E-state index in [4.69, 9.17) is 21.3 Å². The van der Waals surface area contributed by atoms with E-state index < -0.39 is 35.6 Å². The number of nitrogens with two attached hydrogens (primary N) is 2. The molecule has 0 bridgehead atoms. The maximum atomic E-state index is 12.6. The lowest BCUT2D eigenvalue weighted by atomic mass is 10.1. The van der Waals surface area contributed by atoms with Gasteiger partial charge in [0.1, 0.15) is 17.3 Å². The molecule has 1 aliphatic heterocycles. The highest BCUT2D eigenvalue weighted by Crippen LogP contribution is 2.27. The first-order valence-electron chi connectivity index (χ1n) is 16.6. The van der Waals surface area contributed by atoms with Crippen LogP contribution in [0, 0.1) is 0 Å². The fraction of sp³-hybridized carbons (Fsp3) is 0.545. The summed E-state index contributed by atoms with van der Waals surface area (Å²) in [5, 5.41) is 23.5. The molecule has 4 rings (SSSR count). The van der Waals surface area contributed by atoms with Gasteiger partial charge in [0.25, 0.3) is 0 Å². The molecule has 8 N–H and O–H groups in total. The van der Waals surface area contributed by atoms with Crippen molar-refractivity contribution >= 4 is 52.4 Å². The van der Waals surface area contributed by atoms with Crippen LogP contribution in [0.25, 0.3) is 11.0 Å². The summed E-state index contributed by atoms with van der Waals surface area (Å²) in [6, 6.07) is 7.13. The van der Waals surface area contributed by atoms with Crippen molar-refractivity contribution in [3.63, 3.8) is 0 Å². The average molecular weight is 700 g/mol. The maximum absolute atomic E-state index is 12.6. The third-order valence-electron chi connectivity index (χ3n) is 8.44. The number of nitrogens with zero attached hydrogens (tertiary/aromatic N) is 5. The number of piperazine rings is 1. The molecule has 0 unspecified atom stereocenters. The number of nitrogens with one attached hydrogen (secondary N) is 2. The molecule has 1 aliphatic rings. The lowest BCUT2D eigenvalue weighted by Gasteiger charge is -2.34. The highest BCUT2D eigenvalue weighted by molar-refractivity contribution is 8.00. The Kier molecular flexibility index (Phi) is 14.3. The number of benzene rings is 1. The van der Waals surface area contributed by atoms with Gasteiger partial charge in [-0.25, -0.2) is 4.98 Å². The lowest BCUT2D eigenvalue weighted by molar-refractivity contribution is -0.138. The van der Waals surface area contributed by atoms with Crippen molar-refractivity contribution in [3.05, 3.63) is 41.6 Å². The number of fused-ring (bicyclic) bond motifs is 1. The predicted molar refractivity (Wildman–Crippen MR) is 191 cm³/mol. The Bertz CT molecular complexity index is 1560. The summed E-state index contributed by atoms with van der Waals surface area (Å²) in [4.78, 5) is 48.4. The lowest BCUT2D eigenvalue weighted by Crippen LogP contribution is -2.48. The molecule has 2 atom stereocenters. The standard InChI is InChI=1S/C33H49N9O6S/c1-3-4-5-9-36-30-29-25(38-33(35)39-30)8-11-42(29)20-23-7-6-22(17-26(23)48-2)19-41-15-13-40(14-16-41)12-10-37-31(45)27(18-28(43)44)49-21-24(34)32(46)47/h6-8,11,17,24,27H,3-5,9-10,12-16,18-21,34H2,1-2H3,(H,37,45)(H,43,44)(H,46,47)(H3,35,36,38,39)/t24-,27-/m0/s1. The van der Waals surface area contributed by atoms with E-state index in [2.05, 4.69) is 60.1 Å². The summed E-state index contributed by atoms with van der Waals surface area (Å²) < 4.78 is 7.95. The van der Waals surface area contributed by atoms with E-state index in [1.807, 2.05) is 12.3 Å². The number of hydrogen-bond acceptors (Lipinski definition) is 12. The average Bonchev–Trinajstić information content (AvgIpc) is 3.48. The number of anilines is 2. The summed E-state index contributed by atoms with van der Waals surface area (Å²) in [6.07, 6.45) is 4.93. The number of ether oxygens (including phenoxy) is 1. The van der Waals surface area contributed by atoms with Gasteiger partial charge < -0.3 is 41.6 Å². The Morgan fingerprint density at radius 3 is 2.49 bits per heavy atom. The van der Waals surface area contributed by atoms with E-state index >= 15 is 0 Å². The van der Waals surface area contributed by atoms with Gasteiger partial charge in [0.15, 0.2) is 5.82 Å². The first-order valence-corrected chi connectivity index (χ1v) is 17.7. The van der Waals surface area contributed by atoms with Crippen molar-refractivity contribution in [3.8, 4) is 5.75 Å². The van der Waals surface area contributed by atoms with Crippen LogP contribution in [0.3, 0.4) is 0 Å². The summed E-state index contributed by atoms with van der Waals surface area (Å²) >= 11 is 0.950. The molecule has 1 aromatic carbocycles. The zero-order valence-corrected chi connectivity index (χ0v) is 29.1. The molecule has 3 heterocycles. The second kappa shape index (κ2) is 18.6. The Hall–Kier alpha value is -4.12. The third-order valence-corrected chi connectivity index (χ3v) is 9.77. The predicted octanol–water partition coefficient (Wildman–Crippen LogP) is 1.89. The van der Waals surface area contributed by atoms with Gasteiger partial charge in [-0.2, -0.15) is 4.98 Å². The van der Waals surface area contributed by atoms with Crippen molar-refractivity contribution in [2.75, 3.05) is 69.7 Å². The molecule has 49 heavy (non-hydrogen) atoms. The molecule has 2 aromatic heterocycles. The van der Waals surface area contributed by atoms with Gasteiger partial charge in [0, 0.05) is 69.9 Å². The van der Waals surface area contributed by atoms with Crippen LogP contribution in [0.5, 0.6) is 5.75 Å². The summed E-state index contributed by atoms with van der Waals surface area (Å²) in [6.45, 7) is 8.72. The van der Waals surface area contributed by atoms with Crippen LogP contribution < -0.4 is 26.8 Å². The van der Waals surface area contributed by atoms with E-state index in [9.17, 15) is 19.5 Å². The van der Waals surface area contributed by atoms with Gasteiger partial charge >= 0.3 is 11.9 Å². The Morgan fingerprint density at radius 2 is 1.80 bits per heavy atom. The molecule has 0 aliphatic carbocycles. The minimum absolute atomic E-state index is 0.0508. The molecular weight excluding hydrogens is 650 g/mol. The summed E-state index contributed by atoms with van der Waals surface area (Å²) in [5.74, 6) is -1.01. The number of amides is 1. The molecule has 1 fully saturated rings. The normalized spacial score (nSPS) is 15.2. The zero-order valence-electron chi connectivity index (χ0n) is 28.3. The summed E-state index contributed by atoms with van der Waals surface area (Å²) in [7, 11) is 1.69. The second-order valence-corrected chi connectivity index (χ2v) is 13.4. The van der Waals surface area contributed by atoms with E-state index in [1.54, 1.807) is 7.11 Å².